The van der Waals surface area contributed by atoms with Crippen LogP contribution in [-0.4, -0.2) is 32.3 Å². The van der Waals surface area contributed by atoms with Gasteiger partial charge in [0.1, 0.15) is 17.3 Å². The standard InChI is InChI=1S/C22H19Cl2N5O3S/c1-3-14-12(2)25-22(27-21(14)31)29-19(10-16(28-29)18-5-4-8-33-18)26-20(30)11-32-17-7-6-13(23)9-15(17)24/h4-10H,3,11H2,1-2H3,(H,26,30)(H,25,27,31). The number of nitrogens with zero attached hydrogens (tertiary/aromatic N) is 3. The summed E-state index contributed by atoms with van der Waals surface area (Å²) in [5.41, 5.74) is 1.58. The van der Waals surface area contributed by atoms with E-state index in [0.29, 0.717) is 45.0 Å². The summed E-state index contributed by atoms with van der Waals surface area (Å²) in [7, 11) is 0. The van der Waals surface area contributed by atoms with Gasteiger partial charge in [-0.3, -0.25) is 14.6 Å². The minimum absolute atomic E-state index is 0.203. The first-order valence-electron chi connectivity index (χ1n) is 9.97. The fourth-order valence-corrected chi connectivity index (χ4v) is 4.35. The molecule has 0 radical (unpaired) electrons. The average Bonchev–Trinajstić information content (AvgIpc) is 3.43. The maximum Gasteiger partial charge on any atom is 0.263 e. The minimum atomic E-state index is -0.441. The van der Waals surface area contributed by atoms with E-state index >= 15 is 0 Å². The molecule has 3 heterocycles. The van der Waals surface area contributed by atoms with Crippen molar-refractivity contribution in [1.29, 1.82) is 0 Å². The third-order valence-corrected chi connectivity index (χ3v) is 6.19. The van der Waals surface area contributed by atoms with Crippen molar-refractivity contribution < 1.29 is 9.53 Å². The van der Waals surface area contributed by atoms with Gasteiger partial charge in [-0.25, -0.2) is 4.98 Å². The van der Waals surface area contributed by atoms with Crippen LogP contribution in [0.1, 0.15) is 18.2 Å². The predicted molar refractivity (Wildman–Crippen MR) is 130 cm³/mol. The number of H-pyrrole nitrogens is 1. The number of benzene rings is 1. The number of hydrogen-bond acceptors (Lipinski definition) is 6. The number of thiophene rings is 1. The van der Waals surface area contributed by atoms with E-state index in [2.05, 4.69) is 20.4 Å². The molecule has 0 aliphatic carbocycles. The van der Waals surface area contributed by atoms with Crippen LogP contribution in [0, 0.1) is 6.92 Å². The summed E-state index contributed by atoms with van der Waals surface area (Å²) < 4.78 is 6.91. The SMILES string of the molecule is CCc1c(C)nc(-n2nc(-c3cccs3)cc2NC(=O)COc2ccc(Cl)cc2Cl)[nH]c1=O. The van der Waals surface area contributed by atoms with Gasteiger partial charge in [0.15, 0.2) is 6.61 Å². The van der Waals surface area contributed by atoms with E-state index in [4.69, 9.17) is 27.9 Å². The van der Waals surface area contributed by atoms with Crippen molar-refractivity contribution in [3.05, 3.63) is 73.4 Å². The molecule has 0 aliphatic rings. The lowest BCUT2D eigenvalue weighted by atomic mass is 10.2. The van der Waals surface area contributed by atoms with Gasteiger partial charge in [-0.1, -0.05) is 36.2 Å². The van der Waals surface area contributed by atoms with E-state index in [-0.39, 0.29) is 18.1 Å². The molecule has 0 fully saturated rings. The van der Waals surface area contributed by atoms with Gasteiger partial charge < -0.3 is 10.1 Å². The number of hydrogen-bond donors (Lipinski definition) is 2. The topological polar surface area (TPSA) is 102 Å². The summed E-state index contributed by atoms with van der Waals surface area (Å²) in [5.74, 6) is 0.431. The van der Waals surface area contributed by atoms with Crippen molar-refractivity contribution in [2.45, 2.75) is 20.3 Å². The Bertz CT molecular complexity index is 1370. The van der Waals surface area contributed by atoms with Crippen LogP contribution < -0.4 is 15.6 Å². The predicted octanol–water partition coefficient (Wildman–Crippen LogP) is 4.88. The highest BCUT2D eigenvalue weighted by Gasteiger charge is 2.18. The lowest BCUT2D eigenvalue weighted by Crippen LogP contribution is -2.24. The van der Waals surface area contributed by atoms with E-state index < -0.39 is 5.91 Å². The molecule has 0 saturated carbocycles. The Morgan fingerprint density at radius 3 is 2.76 bits per heavy atom. The van der Waals surface area contributed by atoms with Gasteiger partial charge in [-0.2, -0.15) is 9.78 Å². The second-order valence-electron chi connectivity index (χ2n) is 7.02. The number of nitrogens with one attached hydrogen (secondary N) is 2. The summed E-state index contributed by atoms with van der Waals surface area (Å²) in [5, 5.41) is 10.0. The summed E-state index contributed by atoms with van der Waals surface area (Å²) in [6.45, 7) is 3.36. The Morgan fingerprint density at radius 2 is 2.09 bits per heavy atom. The Kier molecular flexibility index (Phi) is 6.83. The second kappa shape index (κ2) is 9.78. The van der Waals surface area contributed by atoms with E-state index in [1.807, 2.05) is 24.4 Å². The Balaban J connectivity index is 1.63. The molecule has 0 atom stereocenters. The number of halogens is 2. The molecule has 0 unspecified atom stereocenters. The number of aromatic nitrogens is 4. The molecular formula is C22H19Cl2N5O3S. The van der Waals surface area contributed by atoms with Crippen molar-refractivity contribution in [3.63, 3.8) is 0 Å². The van der Waals surface area contributed by atoms with Crippen molar-refractivity contribution in [3.8, 4) is 22.3 Å². The van der Waals surface area contributed by atoms with Gasteiger partial charge in [-0.05, 0) is 43.0 Å². The Hall–Kier alpha value is -3.14. The van der Waals surface area contributed by atoms with Crippen LogP contribution in [-0.2, 0) is 11.2 Å². The molecule has 0 aliphatic heterocycles. The van der Waals surface area contributed by atoms with Crippen molar-refractivity contribution in [2.75, 3.05) is 11.9 Å². The number of anilines is 1. The van der Waals surface area contributed by atoms with E-state index in [1.54, 1.807) is 25.1 Å². The molecule has 170 valence electrons. The van der Waals surface area contributed by atoms with Gasteiger partial charge in [0.25, 0.3) is 11.5 Å². The molecule has 8 nitrogen and oxygen atoms in total. The highest BCUT2D eigenvalue weighted by atomic mass is 35.5. The molecular weight excluding hydrogens is 485 g/mol. The van der Waals surface area contributed by atoms with Crippen molar-refractivity contribution in [2.24, 2.45) is 0 Å². The maximum atomic E-state index is 12.6. The zero-order valence-electron chi connectivity index (χ0n) is 17.7. The first-order valence-corrected chi connectivity index (χ1v) is 11.6. The van der Waals surface area contributed by atoms with Crippen molar-refractivity contribution >= 4 is 46.3 Å². The lowest BCUT2D eigenvalue weighted by molar-refractivity contribution is -0.118. The number of carbonyl (C=O) groups is 1. The van der Waals surface area contributed by atoms with Crippen LogP contribution in [0.15, 0.2) is 46.6 Å². The van der Waals surface area contributed by atoms with Crippen LogP contribution in [0.3, 0.4) is 0 Å². The smallest absolute Gasteiger partial charge is 0.263 e. The molecule has 1 amide bonds. The number of amides is 1. The molecule has 4 aromatic rings. The van der Waals surface area contributed by atoms with E-state index in [9.17, 15) is 9.59 Å². The summed E-state index contributed by atoms with van der Waals surface area (Å²) in [4.78, 5) is 33.3. The normalized spacial score (nSPS) is 10.9. The summed E-state index contributed by atoms with van der Waals surface area (Å²) >= 11 is 13.5. The van der Waals surface area contributed by atoms with E-state index in [1.165, 1.54) is 22.1 Å². The van der Waals surface area contributed by atoms with Gasteiger partial charge in [-0.15, -0.1) is 11.3 Å². The fourth-order valence-electron chi connectivity index (χ4n) is 3.20. The molecule has 33 heavy (non-hydrogen) atoms. The number of ether oxygens (including phenoxy) is 1. The van der Waals surface area contributed by atoms with Gasteiger partial charge in [0, 0.05) is 22.3 Å². The Labute approximate surface area is 203 Å². The number of aromatic amines is 1. The number of aryl methyl sites for hydroxylation is 1. The zero-order chi connectivity index (χ0) is 23.5. The quantitative estimate of drug-likeness (QED) is 0.374. The van der Waals surface area contributed by atoms with Gasteiger partial charge in [0.05, 0.1) is 9.90 Å². The van der Waals surface area contributed by atoms with E-state index in [0.717, 1.165) is 4.88 Å². The van der Waals surface area contributed by atoms with Crippen molar-refractivity contribution in [1.82, 2.24) is 19.7 Å². The van der Waals surface area contributed by atoms with Crippen LogP contribution in [0.5, 0.6) is 5.75 Å². The van der Waals surface area contributed by atoms with Crippen LogP contribution in [0.2, 0.25) is 10.0 Å². The molecule has 2 N–H and O–H groups in total. The fraction of sp³-hybridized carbons (Fsp3) is 0.182. The third kappa shape index (κ3) is 5.11. The molecule has 3 aromatic heterocycles. The summed E-state index contributed by atoms with van der Waals surface area (Å²) in [6.07, 6.45) is 0.558. The second-order valence-corrected chi connectivity index (χ2v) is 8.81. The largest absolute Gasteiger partial charge is 0.482 e. The molecule has 0 spiro atoms. The number of rotatable bonds is 7. The highest BCUT2D eigenvalue weighted by Crippen LogP contribution is 2.29. The average molecular weight is 504 g/mol. The minimum Gasteiger partial charge on any atom is -0.482 e. The third-order valence-electron chi connectivity index (χ3n) is 4.77. The number of carbonyl (C=O) groups excluding carboxylic acids is 1. The molecule has 1 aromatic carbocycles. The monoisotopic (exact) mass is 503 g/mol. The molecule has 0 bridgehead atoms. The lowest BCUT2D eigenvalue weighted by Gasteiger charge is -2.11. The van der Waals surface area contributed by atoms with Crippen LogP contribution in [0.4, 0.5) is 5.82 Å². The van der Waals surface area contributed by atoms with Gasteiger partial charge >= 0.3 is 0 Å². The van der Waals surface area contributed by atoms with Crippen LogP contribution in [0.25, 0.3) is 16.5 Å². The van der Waals surface area contributed by atoms with Gasteiger partial charge in [0.2, 0.25) is 5.95 Å². The maximum absolute atomic E-state index is 12.6. The first kappa shape index (κ1) is 23.0. The van der Waals surface area contributed by atoms with Crippen LogP contribution >= 0.6 is 34.5 Å². The molecule has 11 heteroatoms. The molecule has 4 rings (SSSR count). The zero-order valence-corrected chi connectivity index (χ0v) is 20.0. The first-order chi connectivity index (χ1) is 15.9. The molecule has 0 saturated heterocycles. The Morgan fingerprint density at radius 1 is 1.27 bits per heavy atom. The highest BCUT2D eigenvalue weighted by molar-refractivity contribution is 7.13. The summed E-state index contributed by atoms with van der Waals surface area (Å²) in [6, 6.07) is 10.3.